The molecule has 3 heteroatoms. The van der Waals surface area contributed by atoms with Crippen molar-refractivity contribution in [1.29, 1.82) is 0 Å². The Morgan fingerprint density at radius 2 is 1.79 bits per heavy atom. The second-order valence-electron chi connectivity index (χ2n) is 5.26. The number of benzene rings is 1. The summed E-state index contributed by atoms with van der Waals surface area (Å²) in [5.74, 6) is 0.568. The lowest BCUT2D eigenvalue weighted by Crippen LogP contribution is -2.31. The Hall–Kier alpha value is -1.77. The number of amides is 1. The number of hydrogen-bond acceptors (Lipinski definition) is 2. The van der Waals surface area contributed by atoms with Crippen LogP contribution in [0.3, 0.4) is 0 Å². The van der Waals surface area contributed by atoms with Gasteiger partial charge in [-0.1, -0.05) is 31.0 Å². The molecule has 0 unspecified atom stereocenters. The summed E-state index contributed by atoms with van der Waals surface area (Å²) in [5, 5.41) is 1.04. The van der Waals surface area contributed by atoms with Crippen molar-refractivity contribution < 1.29 is 9.21 Å². The number of fused-ring (bicyclic) bond motifs is 1. The zero-order valence-electron chi connectivity index (χ0n) is 11.3. The molecule has 0 N–H and O–H groups in total. The van der Waals surface area contributed by atoms with Crippen molar-refractivity contribution in [2.45, 2.75) is 32.6 Å². The van der Waals surface area contributed by atoms with E-state index in [0.717, 1.165) is 42.5 Å². The van der Waals surface area contributed by atoms with Gasteiger partial charge < -0.3 is 9.32 Å². The molecule has 1 fully saturated rings. The number of aryl methyl sites for hydroxylation is 1. The number of nitrogens with zero attached hydrogens (tertiary/aromatic N) is 1. The normalized spacial score (nSPS) is 16.6. The minimum atomic E-state index is 0.0515. The number of carbonyl (C=O) groups is 1. The average molecular weight is 257 g/mol. The van der Waals surface area contributed by atoms with Gasteiger partial charge in [-0.3, -0.25) is 4.79 Å². The van der Waals surface area contributed by atoms with Crippen molar-refractivity contribution in [3.05, 3.63) is 35.6 Å². The van der Waals surface area contributed by atoms with E-state index in [1.54, 1.807) is 0 Å². The second-order valence-corrected chi connectivity index (χ2v) is 5.26. The maximum absolute atomic E-state index is 12.6. The van der Waals surface area contributed by atoms with Gasteiger partial charge in [-0.05, 0) is 25.8 Å². The van der Waals surface area contributed by atoms with Gasteiger partial charge >= 0.3 is 0 Å². The van der Waals surface area contributed by atoms with E-state index in [1.807, 2.05) is 36.1 Å². The molecule has 100 valence electrons. The molecule has 3 rings (SSSR count). The molecule has 0 radical (unpaired) electrons. The third-order valence-electron chi connectivity index (χ3n) is 3.93. The van der Waals surface area contributed by atoms with E-state index >= 15 is 0 Å². The fraction of sp³-hybridized carbons (Fsp3) is 0.438. The van der Waals surface area contributed by atoms with Crippen molar-refractivity contribution in [3.8, 4) is 0 Å². The van der Waals surface area contributed by atoms with Crippen LogP contribution >= 0.6 is 0 Å². The fourth-order valence-corrected chi connectivity index (χ4v) is 2.80. The molecule has 1 saturated heterocycles. The van der Waals surface area contributed by atoms with E-state index in [9.17, 15) is 4.79 Å². The highest BCUT2D eigenvalue weighted by molar-refractivity contribution is 5.98. The summed E-state index contributed by atoms with van der Waals surface area (Å²) in [5.41, 5.74) is 1.77. The first-order valence-electron chi connectivity index (χ1n) is 7.05. The Morgan fingerprint density at radius 3 is 2.47 bits per heavy atom. The van der Waals surface area contributed by atoms with Crippen LogP contribution in [0.25, 0.3) is 11.0 Å². The zero-order chi connectivity index (χ0) is 13.2. The van der Waals surface area contributed by atoms with Crippen molar-refractivity contribution in [2.75, 3.05) is 13.1 Å². The highest BCUT2D eigenvalue weighted by atomic mass is 16.3. The highest BCUT2D eigenvalue weighted by Gasteiger charge is 2.23. The summed E-state index contributed by atoms with van der Waals surface area (Å²) in [4.78, 5) is 14.5. The number of para-hydroxylation sites is 1. The molecule has 1 aliphatic heterocycles. The quantitative estimate of drug-likeness (QED) is 0.779. The minimum Gasteiger partial charge on any atom is -0.451 e. The van der Waals surface area contributed by atoms with Crippen LogP contribution in [-0.4, -0.2) is 23.9 Å². The smallest absolute Gasteiger partial charge is 0.289 e. The van der Waals surface area contributed by atoms with Crippen LogP contribution in [0, 0.1) is 6.92 Å². The third-order valence-corrected chi connectivity index (χ3v) is 3.93. The zero-order valence-corrected chi connectivity index (χ0v) is 11.3. The molecule has 2 aromatic rings. The van der Waals surface area contributed by atoms with Gasteiger partial charge in [0.1, 0.15) is 5.58 Å². The van der Waals surface area contributed by atoms with Gasteiger partial charge in [0, 0.05) is 24.0 Å². The summed E-state index contributed by atoms with van der Waals surface area (Å²) in [6.07, 6.45) is 4.65. The number of likely N-dealkylation sites (tertiary alicyclic amines) is 1. The lowest BCUT2D eigenvalue weighted by Gasteiger charge is -2.19. The highest BCUT2D eigenvalue weighted by Crippen LogP contribution is 2.26. The molecular weight excluding hydrogens is 238 g/mol. The fourth-order valence-electron chi connectivity index (χ4n) is 2.80. The van der Waals surface area contributed by atoms with Gasteiger partial charge in [0.25, 0.3) is 5.91 Å². The van der Waals surface area contributed by atoms with Crippen LogP contribution in [0.4, 0.5) is 0 Å². The first kappa shape index (κ1) is 12.3. The van der Waals surface area contributed by atoms with E-state index in [-0.39, 0.29) is 5.91 Å². The third kappa shape index (κ3) is 2.25. The van der Waals surface area contributed by atoms with Gasteiger partial charge in [0.05, 0.1) is 0 Å². The van der Waals surface area contributed by atoms with Crippen molar-refractivity contribution in [1.82, 2.24) is 4.90 Å². The van der Waals surface area contributed by atoms with E-state index in [0.29, 0.717) is 5.76 Å². The molecule has 1 aromatic carbocycles. The van der Waals surface area contributed by atoms with Crippen molar-refractivity contribution >= 4 is 16.9 Å². The minimum absolute atomic E-state index is 0.0515. The van der Waals surface area contributed by atoms with E-state index in [4.69, 9.17) is 4.42 Å². The van der Waals surface area contributed by atoms with Crippen LogP contribution in [0.2, 0.25) is 0 Å². The molecule has 0 bridgehead atoms. The van der Waals surface area contributed by atoms with Crippen LogP contribution < -0.4 is 0 Å². The number of rotatable bonds is 1. The molecule has 19 heavy (non-hydrogen) atoms. The standard InChI is InChI=1S/C16H19NO2/c1-12-13-8-4-5-9-14(13)19-15(12)16(18)17-10-6-2-3-7-11-17/h4-5,8-9H,2-3,6-7,10-11H2,1H3. The Bertz CT molecular complexity index is 592. The number of hydrogen-bond donors (Lipinski definition) is 0. The lowest BCUT2D eigenvalue weighted by atomic mass is 10.1. The van der Waals surface area contributed by atoms with Gasteiger partial charge in [-0.2, -0.15) is 0 Å². The first-order valence-corrected chi connectivity index (χ1v) is 7.05. The molecular formula is C16H19NO2. The molecule has 0 aliphatic carbocycles. The van der Waals surface area contributed by atoms with Gasteiger partial charge in [-0.15, -0.1) is 0 Å². The topological polar surface area (TPSA) is 33.5 Å². The van der Waals surface area contributed by atoms with Crippen LogP contribution in [-0.2, 0) is 0 Å². The maximum atomic E-state index is 12.6. The average Bonchev–Trinajstić information content (AvgIpc) is 2.64. The molecule has 1 amide bonds. The SMILES string of the molecule is Cc1c(C(=O)N2CCCCCC2)oc2ccccc12. The van der Waals surface area contributed by atoms with E-state index in [1.165, 1.54) is 12.8 Å². The molecule has 2 heterocycles. The van der Waals surface area contributed by atoms with Gasteiger partial charge in [-0.25, -0.2) is 0 Å². The second kappa shape index (κ2) is 5.08. The van der Waals surface area contributed by atoms with Crippen LogP contribution in [0.15, 0.2) is 28.7 Å². The number of carbonyl (C=O) groups excluding carboxylic acids is 1. The van der Waals surface area contributed by atoms with Gasteiger partial charge in [0.2, 0.25) is 0 Å². The van der Waals surface area contributed by atoms with E-state index in [2.05, 4.69) is 0 Å². The van der Waals surface area contributed by atoms with Crippen molar-refractivity contribution in [3.63, 3.8) is 0 Å². The molecule has 1 aliphatic rings. The summed E-state index contributed by atoms with van der Waals surface area (Å²) >= 11 is 0. The summed E-state index contributed by atoms with van der Waals surface area (Å²) in [7, 11) is 0. The Balaban J connectivity index is 1.94. The maximum Gasteiger partial charge on any atom is 0.289 e. The summed E-state index contributed by atoms with van der Waals surface area (Å²) in [6, 6.07) is 7.84. The van der Waals surface area contributed by atoms with Crippen LogP contribution in [0.1, 0.15) is 41.8 Å². The largest absolute Gasteiger partial charge is 0.451 e. The molecule has 0 atom stereocenters. The van der Waals surface area contributed by atoms with Gasteiger partial charge in [0.15, 0.2) is 5.76 Å². The Kier molecular flexibility index (Phi) is 3.28. The lowest BCUT2D eigenvalue weighted by molar-refractivity contribution is 0.0731. The molecule has 1 aromatic heterocycles. The Labute approximate surface area is 113 Å². The molecule has 0 spiro atoms. The van der Waals surface area contributed by atoms with E-state index < -0.39 is 0 Å². The summed E-state index contributed by atoms with van der Waals surface area (Å²) in [6.45, 7) is 3.68. The monoisotopic (exact) mass is 257 g/mol. The van der Waals surface area contributed by atoms with Crippen LogP contribution in [0.5, 0.6) is 0 Å². The molecule has 3 nitrogen and oxygen atoms in total. The Morgan fingerprint density at radius 1 is 1.11 bits per heavy atom. The first-order chi connectivity index (χ1) is 9.27. The number of furan rings is 1. The summed E-state index contributed by atoms with van der Waals surface area (Å²) < 4.78 is 5.76. The predicted molar refractivity (Wildman–Crippen MR) is 75.3 cm³/mol. The van der Waals surface area contributed by atoms with Crippen molar-refractivity contribution in [2.24, 2.45) is 0 Å². The predicted octanol–water partition coefficient (Wildman–Crippen LogP) is 3.76. The molecule has 0 saturated carbocycles.